The van der Waals surface area contributed by atoms with Crippen LogP contribution in [0.15, 0.2) is 41.8 Å². The van der Waals surface area contributed by atoms with Gasteiger partial charge in [-0.3, -0.25) is 14.5 Å². The molecular formula is C20H24ClN3O3S. The van der Waals surface area contributed by atoms with Crippen LogP contribution in [-0.2, 0) is 9.53 Å². The second kappa shape index (κ2) is 10.0. The lowest BCUT2D eigenvalue weighted by atomic mass is 10.0. The minimum atomic E-state index is -0.633. The molecule has 2 atom stereocenters. The van der Waals surface area contributed by atoms with Gasteiger partial charge >= 0.3 is 0 Å². The molecule has 8 heteroatoms. The molecule has 0 unspecified atom stereocenters. The number of morpholine rings is 1. The highest BCUT2D eigenvalue weighted by atomic mass is 35.5. The maximum absolute atomic E-state index is 12.6. The smallest absolute Gasteiger partial charge is 0.261 e. The first kappa shape index (κ1) is 20.8. The number of hydrogen-bond acceptors (Lipinski definition) is 5. The minimum Gasteiger partial charge on any atom is -0.379 e. The van der Waals surface area contributed by atoms with Crippen LogP contribution in [0.4, 0.5) is 0 Å². The number of carbonyl (C=O) groups excluding carboxylic acids is 2. The van der Waals surface area contributed by atoms with Gasteiger partial charge in [-0.05, 0) is 30.0 Å². The fourth-order valence-corrected chi connectivity index (χ4v) is 4.05. The third kappa shape index (κ3) is 5.32. The normalized spacial score (nSPS) is 16.9. The number of ether oxygens (including phenoxy) is 1. The van der Waals surface area contributed by atoms with Gasteiger partial charge in [0, 0.05) is 24.7 Å². The summed E-state index contributed by atoms with van der Waals surface area (Å²) in [6.07, 6.45) is 0. The van der Waals surface area contributed by atoms with E-state index in [2.05, 4.69) is 15.5 Å². The number of nitrogens with one attached hydrogen (secondary N) is 2. The second-order valence-corrected chi connectivity index (χ2v) is 7.96. The summed E-state index contributed by atoms with van der Waals surface area (Å²) >= 11 is 7.76. The highest BCUT2D eigenvalue weighted by Crippen LogP contribution is 2.27. The van der Waals surface area contributed by atoms with Crippen LogP contribution in [0.5, 0.6) is 0 Å². The van der Waals surface area contributed by atoms with Crippen LogP contribution in [0, 0.1) is 0 Å². The van der Waals surface area contributed by atoms with Crippen LogP contribution in [0.2, 0.25) is 5.02 Å². The first-order valence-corrected chi connectivity index (χ1v) is 10.5. The van der Waals surface area contributed by atoms with E-state index in [-0.39, 0.29) is 17.9 Å². The van der Waals surface area contributed by atoms with E-state index in [0.29, 0.717) is 29.7 Å². The Morgan fingerprint density at radius 1 is 1.21 bits per heavy atom. The van der Waals surface area contributed by atoms with Crippen molar-refractivity contribution in [3.8, 4) is 0 Å². The van der Waals surface area contributed by atoms with E-state index in [9.17, 15) is 9.59 Å². The number of benzene rings is 1. The van der Waals surface area contributed by atoms with Gasteiger partial charge in [-0.25, -0.2) is 0 Å². The molecule has 6 nitrogen and oxygen atoms in total. The van der Waals surface area contributed by atoms with E-state index in [0.717, 1.165) is 18.7 Å². The topological polar surface area (TPSA) is 70.7 Å². The molecule has 0 radical (unpaired) electrons. The molecule has 1 fully saturated rings. The Hall–Kier alpha value is -1.93. The van der Waals surface area contributed by atoms with Crippen molar-refractivity contribution in [3.63, 3.8) is 0 Å². The molecule has 1 aliphatic rings. The molecule has 0 aliphatic carbocycles. The van der Waals surface area contributed by atoms with Crippen LogP contribution in [0.25, 0.3) is 0 Å². The molecule has 0 spiro atoms. The Morgan fingerprint density at radius 2 is 1.96 bits per heavy atom. The van der Waals surface area contributed by atoms with Crippen LogP contribution in [0.3, 0.4) is 0 Å². The van der Waals surface area contributed by atoms with E-state index in [4.69, 9.17) is 16.3 Å². The number of rotatable bonds is 7. The first-order chi connectivity index (χ1) is 13.6. The minimum absolute atomic E-state index is 0.0539. The third-order valence-electron chi connectivity index (χ3n) is 4.71. The summed E-state index contributed by atoms with van der Waals surface area (Å²) in [5.74, 6) is -0.469. The molecule has 1 saturated heterocycles. The Balaban J connectivity index is 1.63. The number of thiophene rings is 1. The van der Waals surface area contributed by atoms with Gasteiger partial charge in [-0.15, -0.1) is 11.3 Å². The quantitative estimate of drug-likeness (QED) is 0.721. The Morgan fingerprint density at radius 3 is 2.64 bits per heavy atom. The molecule has 2 aromatic rings. The standard InChI is InChI=1S/C20H24ClN3O3S/c1-14(23-20(26)18-7-4-12-28-18)19(25)22-13-17(24-8-10-27-11-9-24)15-5-2-3-6-16(15)21/h2-7,12,14,17H,8-11,13H2,1H3,(H,22,25)(H,23,26)/t14-,17-/m0/s1. The summed E-state index contributed by atoms with van der Waals surface area (Å²) < 4.78 is 5.45. The van der Waals surface area contributed by atoms with E-state index >= 15 is 0 Å². The van der Waals surface area contributed by atoms with Crippen LogP contribution >= 0.6 is 22.9 Å². The van der Waals surface area contributed by atoms with Gasteiger partial charge in [-0.1, -0.05) is 35.9 Å². The summed E-state index contributed by atoms with van der Waals surface area (Å²) in [4.78, 5) is 27.6. The zero-order valence-corrected chi connectivity index (χ0v) is 17.3. The van der Waals surface area contributed by atoms with E-state index in [1.54, 1.807) is 19.1 Å². The zero-order valence-electron chi connectivity index (χ0n) is 15.7. The highest BCUT2D eigenvalue weighted by Gasteiger charge is 2.26. The third-order valence-corrected chi connectivity index (χ3v) is 5.92. The number of hydrogen-bond donors (Lipinski definition) is 2. The molecule has 28 heavy (non-hydrogen) atoms. The van der Waals surface area contributed by atoms with Crippen LogP contribution in [-0.4, -0.2) is 55.6 Å². The molecule has 1 aromatic carbocycles. The summed E-state index contributed by atoms with van der Waals surface area (Å²) in [6.45, 7) is 4.94. The fraction of sp³-hybridized carbons (Fsp3) is 0.400. The summed E-state index contributed by atoms with van der Waals surface area (Å²) in [6, 6.07) is 10.5. The predicted molar refractivity (Wildman–Crippen MR) is 111 cm³/mol. The molecule has 0 bridgehead atoms. The highest BCUT2D eigenvalue weighted by molar-refractivity contribution is 7.12. The largest absolute Gasteiger partial charge is 0.379 e. The molecule has 1 aliphatic heterocycles. The van der Waals surface area contributed by atoms with Crippen molar-refractivity contribution < 1.29 is 14.3 Å². The van der Waals surface area contributed by atoms with Crippen LogP contribution < -0.4 is 10.6 Å². The molecule has 1 aromatic heterocycles. The van der Waals surface area contributed by atoms with E-state index < -0.39 is 6.04 Å². The molecule has 2 heterocycles. The number of amides is 2. The lowest BCUT2D eigenvalue weighted by Crippen LogP contribution is -2.48. The average molecular weight is 422 g/mol. The lowest BCUT2D eigenvalue weighted by Gasteiger charge is -2.35. The van der Waals surface area contributed by atoms with Crippen molar-refractivity contribution >= 4 is 34.8 Å². The van der Waals surface area contributed by atoms with Gasteiger partial charge in [0.05, 0.1) is 24.1 Å². The summed E-state index contributed by atoms with van der Waals surface area (Å²) in [5.41, 5.74) is 0.974. The molecule has 150 valence electrons. The van der Waals surface area contributed by atoms with E-state index in [1.165, 1.54) is 11.3 Å². The van der Waals surface area contributed by atoms with Crippen molar-refractivity contribution in [1.82, 2.24) is 15.5 Å². The van der Waals surface area contributed by atoms with Crippen LogP contribution in [0.1, 0.15) is 28.2 Å². The zero-order chi connectivity index (χ0) is 19.9. The van der Waals surface area contributed by atoms with Gasteiger partial charge in [0.1, 0.15) is 6.04 Å². The predicted octanol–water partition coefficient (Wildman–Crippen LogP) is 2.71. The Bertz CT molecular complexity index is 794. The summed E-state index contributed by atoms with van der Waals surface area (Å²) in [5, 5.41) is 8.20. The molecular weight excluding hydrogens is 398 g/mol. The van der Waals surface area contributed by atoms with Crippen molar-refractivity contribution in [3.05, 3.63) is 57.2 Å². The second-order valence-electron chi connectivity index (χ2n) is 6.60. The maximum atomic E-state index is 12.6. The molecule has 2 N–H and O–H groups in total. The monoisotopic (exact) mass is 421 g/mol. The van der Waals surface area contributed by atoms with E-state index in [1.807, 2.05) is 29.6 Å². The molecule has 3 rings (SSSR count). The number of halogens is 1. The van der Waals surface area contributed by atoms with Gasteiger partial charge in [-0.2, -0.15) is 0 Å². The lowest BCUT2D eigenvalue weighted by molar-refractivity contribution is -0.122. The van der Waals surface area contributed by atoms with Gasteiger partial charge in [0.15, 0.2) is 0 Å². The van der Waals surface area contributed by atoms with Crippen molar-refractivity contribution in [1.29, 1.82) is 0 Å². The average Bonchev–Trinajstić information content (AvgIpc) is 3.25. The molecule has 0 saturated carbocycles. The maximum Gasteiger partial charge on any atom is 0.261 e. The molecule has 2 amide bonds. The SMILES string of the molecule is C[C@H](NC(=O)c1cccs1)C(=O)NC[C@@H](c1ccccc1Cl)N1CCOCC1. The van der Waals surface area contributed by atoms with Gasteiger partial charge in [0.2, 0.25) is 5.91 Å². The van der Waals surface area contributed by atoms with Crippen molar-refractivity contribution in [2.45, 2.75) is 19.0 Å². The number of carbonyl (C=O) groups is 2. The van der Waals surface area contributed by atoms with Gasteiger partial charge < -0.3 is 15.4 Å². The van der Waals surface area contributed by atoms with Crippen molar-refractivity contribution in [2.24, 2.45) is 0 Å². The first-order valence-electron chi connectivity index (χ1n) is 9.24. The Kier molecular flexibility index (Phi) is 7.44. The number of nitrogens with zero attached hydrogens (tertiary/aromatic N) is 1. The fourth-order valence-electron chi connectivity index (χ4n) is 3.16. The van der Waals surface area contributed by atoms with Crippen molar-refractivity contribution in [2.75, 3.05) is 32.8 Å². The Labute approximate surface area is 173 Å². The summed E-state index contributed by atoms with van der Waals surface area (Å²) in [7, 11) is 0. The van der Waals surface area contributed by atoms with Gasteiger partial charge in [0.25, 0.3) is 5.91 Å².